The minimum absolute atomic E-state index is 0.0488. The minimum Gasteiger partial charge on any atom is -0.454 e. The Morgan fingerprint density at radius 3 is 2.65 bits per heavy atom. The number of nitro groups is 1. The highest BCUT2D eigenvalue weighted by Crippen LogP contribution is 2.12. The van der Waals surface area contributed by atoms with Gasteiger partial charge in [-0.15, -0.1) is 0 Å². The molecule has 2 N–H and O–H groups in total. The van der Waals surface area contributed by atoms with Gasteiger partial charge >= 0.3 is 5.97 Å². The Morgan fingerprint density at radius 1 is 1.26 bits per heavy atom. The van der Waals surface area contributed by atoms with Gasteiger partial charge in [0.1, 0.15) is 6.54 Å². The van der Waals surface area contributed by atoms with Crippen LogP contribution in [0.3, 0.4) is 0 Å². The summed E-state index contributed by atoms with van der Waals surface area (Å²) in [6.07, 6.45) is 0.763. The number of hydrogen-bond acceptors (Lipinski definition) is 6. The summed E-state index contributed by atoms with van der Waals surface area (Å²) in [6.45, 7) is 1.50. The zero-order valence-electron chi connectivity index (χ0n) is 12.5. The van der Waals surface area contributed by atoms with Crippen molar-refractivity contribution in [1.82, 2.24) is 10.6 Å². The van der Waals surface area contributed by atoms with Gasteiger partial charge in [-0.05, 0) is 12.5 Å². The van der Waals surface area contributed by atoms with Gasteiger partial charge in [-0.3, -0.25) is 24.5 Å². The first kappa shape index (κ1) is 18.1. The number of nitrogens with one attached hydrogen (secondary N) is 2. The predicted molar refractivity (Wildman–Crippen MR) is 79.7 cm³/mol. The van der Waals surface area contributed by atoms with Crippen LogP contribution in [0.15, 0.2) is 24.3 Å². The summed E-state index contributed by atoms with van der Waals surface area (Å²) in [4.78, 5) is 44.4. The number of ether oxygens (including phenoxy) is 1. The van der Waals surface area contributed by atoms with Crippen LogP contribution in [0.5, 0.6) is 0 Å². The first-order chi connectivity index (χ1) is 10.9. The van der Waals surface area contributed by atoms with Gasteiger partial charge in [-0.25, -0.2) is 0 Å². The monoisotopic (exact) mass is 323 g/mol. The molecule has 0 unspecified atom stereocenters. The van der Waals surface area contributed by atoms with Crippen molar-refractivity contribution >= 4 is 23.5 Å². The number of nitro benzene ring substituents is 1. The van der Waals surface area contributed by atoms with Gasteiger partial charge in [-0.1, -0.05) is 13.0 Å². The Bertz CT molecular complexity index is 602. The molecule has 1 aromatic rings. The molecule has 0 bridgehead atoms. The van der Waals surface area contributed by atoms with Gasteiger partial charge < -0.3 is 15.4 Å². The molecule has 0 saturated carbocycles. The van der Waals surface area contributed by atoms with Crippen molar-refractivity contribution in [3.8, 4) is 0 Å². The fraction of sp³-hybridized carbons (Fsp3) is 0.357. The molecule has 0 aromatic heterocycles. The molecule has 0 heterocycles. The molecule has 23 heavy (non-hydrogen) atoms. The van der Waals surface area contributed by atoms with Crippen LogP contribution < -0.4 is 10.6 Å². The lowest BCUT2D eigenvalue weighted by atomic mass is 10.2. The molecular weight excluding hydrogens is 306 g/mol. The van der Waals surface area contributed by atoms with E-state index in [1.165, 1.54) is 18.2 Å². The maximum absolute atomic E-state index is 11.8. The van der Waals surface area contributed by atoms with E-state index in [9.17, 15) is 24.5 Å². The summed E-state index contributed by atoms with van der Waals surface area (Å²) in [5, 5.41) is 15.4. The Hall–Kier alpha value is -2.97. The summed E-state index contributed by atoms with van der Waals surface area (Å²) in [6, 6.07) is 5.09. The lowest BCUT2D eigenvalue weighted by molar-refractivity contribution is -0.384. The maximum atomic E-state index is 11.8. The molecule has 0 spiro atoms. The summed E-state index contributed by atoms with van der Waals surface area (Å²) < 4.78 is 4.68. The molecule has 124 valence electrons. The fourth-order valence-corrected chi connectivity index (χ4v) is 1.53. The molecular formula is C14H17N3O6. The van der Waals surface area contributed by atoms with E-state index < -0.39 is 35.9 Å². The highest BCUT2D eigenvalue weighted by molar-refractivity contribution is 5.96. The van der Waals surface area contributed by atoms with Crippen LogP contribution in [-0.2, 0) is 14.3 Å². The van der Waals surface area contributed by atoms with Crippen LogP contribution in [-0.4, -0.2) is 42.4 Å². The van der Waals surface area contributed by atoms with Gasteiger partial charge in [0, 0.05) is 24.2 Å². The number of amides is 2. The van der Waals surface area contributed by atoms with E-state index in [0.717, 1.165) is 12.5 Å². The normalized spacial score (nSPS) is 9.78. The second-order valence-corrected chi connectivity index (χ2v) is 4.50. The molecule has 0 saturated heterocycles. The number of rotatable bonds is 8. The topological polar surface area (TPSA) is 128 Å². The van der Waals surface area contributed by atoms with E-state index in [4.69, 9.17) is 0 Å². The molecule has 9 heteroatoms. The average Bonchev–Trinajstić information content (AvgIpc) is 2.55. The minimum atomic E-state index is -0.782. The number of non-ortho nitro benzene ring substituents is 1. The molecule has 0 aliphatic rings. The summed E-state index contributed by atoms with van der Waals surface area (Å²) in [5.41, 5.74) is -0.180. The standard InChI is InChI=1S/C14H17N3O6/c1-2-6-15-12(18)9-23-13(19)8-16-14(20)10-4-3-5-11(7-10)17(21)22/h3-5,7H,2,6,8-9H2,1H3,(H,15,18)(H,16,20). The molecule has 2 amide bonds. The zero-order chi connectivity index (χ0) is 17.2. The van der Waals surface area contributed by atoms with E-state index in [1.807, 2.05) is 6.92 Å². The van der Waals surface area contributed by atoms with Crippen molar-refractivity contribution in [3.63, 3.8) is 0 Å². The Labute approximate surface area is 132 Å². The van der Waals surface area contributed by atoms with E-state index >= 15 is 0 Å². The van der Waals surface area contributed by atoms with Crippen LogP contribution in [0.1, 0.15) is 23.7 Å². The average molecular weight is 323 g/mol. The van der Waals surface area contributed by atoms with Crippen molar-refractivity contribution in [2.45, 2.75) is 13.3 Å². The zero-order valence-corrected chi connectivity index (χ0v) is 12.5. The van der Waals surface area contributed by atoms with Crippen molar-refractivity contribution < 1.29 is 24.0 Å². The smallest absolute Gasteiger partial charge is 0.325 e. The molecule has 0 radical (unpaired) electrons. The fourth-order valence-electron chi connectivity index (χ4n) is 1.53. The first-order valence-corrected chi connectivity index (χ1v) is 6.89. The van der Waals surface area contributed by atoms with Gasteiger partial charge in [0.15, 0.2) is 6.61 Å². The van der Waals surface area contributed by atoms with Crippen LogP contribution in [0.25, 0.3) is 0 Å². The van der Waals surface area contributed by atoms with Crippen molar-refractivity contribution in [3.05, 3.63) is 39.9 Å². The number of carbonyl (C=O) groups is 3. The SMILES string of the molecule is CCCNC(=O)COC(=O)CNC(=O)c1cccc([N+](=O)[O-])c1. The molecule has 0 atom stereocenters. The highest BCUT2D eigenvalue weighted by Gasteiger charge is 2.13. The second-order valence-electron chi connectivity index (χ2n) is 4.50. The van der Waals surface area contributed by atoms with Crippen LogP contribution >= 0.6 is 0 Å². The van der Waals surface area contributed by atoms with Gasteiger partial charge in [-0.2, -0.15) is 0 Å². The summed E-state index contributed by atoms with van der Waals surface area (Å²) in [5.74, 6) is -1.86. The number of benzene rings is 1. The van der Waals surface area contributed by atoms with Crippen LogP contribution in [0, 0.1) is 10.1 Å². The predicted octanol–water partition coefficient (Wildman–Crippen LogP) is 0.394. The lowest BCUT2D eigenvalue weighted by Crippen LogP contribution is -2.34. The van der Waals surface area contributed by atoms with Gasteiger partial charge in [0.2, 0.25) is 0 Å². The van der Waals surface area contributed by atoms with Crippen molar-refractivity contribution in [2.24, 2.45) is 0 Å². The summed E-state index contributed by atoms with van der Waals surface area (Å²) in [7, 11) is 0. The van der Waals surface area contributed by atoms with Crippen molar-refractivity contribution in [2.75, 3.05) is 19.7 Å². The summed E-state index contributed by atoms with van der Waals surface area (Å²) >= 11 is 0. The Balaban J connectivity index is 2.41. The highest BCUT2D eigenvalue weighted by atomic mass is 16.6. The van der Waals surface area contributed by atoms with Gasteiger partial charge in [0.05, 0.1) is 4.92 Å². The van der Waals surface area contributed by atoms with E-state index in [0.29, 0.717) is 6.54 Å². The molecule has 1 rings (SSSR count). The quantitative estimate of drug-likeness (QED) is 0.405. The number of esters is 1. The third-order valence-electron chi connectivity index (χ3n) is 2.65. The molecule has 1 aromatic carbocycles. The van der Waals surface area contributed by atoms with Gasteiger partial charge in [0.25, 0.3) is 17.5 Å². The lowest BCUT2D eigenvalue weighted by Gasteiger charge is -2.07. The van der Waals surface area contributed by atoms with E-state index in [1.54, 1.807) is 0 Å². The number of nitrogens with zero attached hydrogens (tertiary/aromatic N) is 1. The number of hydrogen-bond donors (Lipinski definition) is 2. The molecule has 9 nitrogen and oxygen atoms in total. The molecule has 0 aliphatic heterocycles. The molecule has 0 fully saturated rings. The third-order valence-corrected chi connectivity index (χ3v) is 2.65. The van der Waals surface area contributed by atoms with Crippen LogP contribution in [0.4, 0.5) is 5.69 Å². The Morgan fingerprint density at radius 2 is 2.00 bits per heavy atom. The second kappa shape index (κ2) is 9.13. The maximum Gasteiger partial charge on any atom is 0.325 e. The first-order valence-electron chi connectivity index (χ1n) is 6.89. The Kier molecular flexibility index (Phi) is 7.18. The largest absolute Gasteiger partial charge is 0.454 e. The van der Waals surface area contributed by atoms with E-state index in [-0.39, 0.29) is 11.3 Å². The van der Waals surface area contributed by atoms with Crippen molar-refractivity contribution in [1.29, 1.82) is 0 Å². The van der Waals surface area contributed by atoms with Crippen LogP contribution in [0.2, 0.25) is 0 Å². The number of carbonyl (C=O) groups excluding carboxylic acids is 3. The third kappa shape index (κ3) is 6.55. The van der Waals surface area contributed by atoms with E-state index in [2.05, 4.69) is 15.4 Å². The molecule has 0 aliphatic carbocycles.